The highest BCUT2D eigenvalue weighted by atomic mass is 32.2. The lowest BCUT2D eigenvalue weighted by Crippen LogP contribution is -2.70. The lowest BCUT2D eigenvalue weighted by atomic mass is 9.58. The van der Waals surface area contributed by atoms with Gasteiger partial charge in [-0.2, -0.15) is 0 Å². The minimum absolute atomic E-state index is 0.0859. The van der Waals surface area contributed by atoms with E-state index in [4.69, 9.17) is 43.2 Å². The number of fused-ring (bicyclic) bond motifs is 4. The molecule has 0 unspecified atom stereocenters. The maximum Gasteiger partial charge on any atom is 0.307 e. The Balaban J connectivity index is 0.847. The van der Waals surface area contributed by atoms with E-state index in [1.54, 1.807) is 23.5 Å². The normalized spacial score (nSPS) is 55.5. The standard InChI is InChI=1S/C34H52O10S2/c1-18-7-9-24-20(3)27(37-29-33(24)22(18)11-14-31(5,39-29)41-43-33)45-16-13-26(35)36-17-46-28-21(4)25-10-8-19(2)23-12-15-32(6)40-30(38-28)34(23,25)44-42-32/h18-25,27-30H,7-17H2,1-6H3/t18-,19-,20-,21-,22+,23+,24+,25+,27+,28+,29-,30-,31+,32+,33-,34-/m1/s1. The molecule has 2 spiro atoms. The fourth-order valence-corrected chi connectivity index (χ4v) is 12.8. The van der Waals surface area contributed by atoms with Crippen molar-refractivity contribution in [2.24, 2.45) is 47.3 Å². The molecule has 0 aromatic carbocycles. The first kappa shape index (κ1) is 33.0. The Hall–Kier alpha value is -0.150. The third-order valence-electron chi connectivity index (χ3n) is 13.2. The minimum Gasteiger partial charge on any atom is -0.454 e. The van der Waals surface area contributed by atoms with Crippen molar-refractivity contribution in [2.75, 3.05) is 11.7 Å². The molecular formula is C34H52O10S2. The second-order valence-electron chi connectivity index (χ2n) is 16.0. The van der Waals surface area contributed by atoms with Gasteiger partial charge in [-0.15, -0.1) is 11.8 Å². The molecule has 2 saturated carbocycles. The van der Waals surface area contributed by atoms with Gasteiger partial charge in [0.25, 0.3) is 0 Å². The molecule has 8 saturated heterocycles. The van der Waals surface area contributed by atoms with Gasteiger partial charge in [0.2, 0.25) is 11.6 Å². The lowest BCUT2D eigenvalue weighted by molar-refractivity contribution is -0.568. The first-order valence-corrected chi connectivity index (χ1v) is 19.9. The van der Waals surface area contributed by atoms with Crippen molar-refractivity contribution >= 4 is 29.5 Å². The van der Waals surface area contributed by atoms with Crippen molar-refractivity contribution in [3.05, 3.63) is 0 Å². The minimum atomic E-state index is -0.796. The number of esters is 1. The number of carbonyl (C=O) groups excluding carboxylic acids is 1. The van der Waals surface area contributed by atoms with Crippen molar-refractivity contribution in [3.63, 3.8) is 0 Å². The van der Waals surface area contributed by atoms with Gasteiger partial charge < -0.3 is 23.7 Å². The summed E-state index contributed by atoms with van der Waals surface area (Å²) in [6, 6.07) is 0. The van der Waals surface area contributed by atoms with E-state index in [2.05, 4.69) is 27.7 Å². The second-order valence-corrected chi connectivity index (χ2v) is 18.2. The summed E-state index contributed by atoms with van der Waals surface area (Å²) in [4.78, 5) is 37.3. The summed E-state index contributed by atoms with van der Waals surface area (Å²) in [5, 5.41) is 0. The van der Waals surface area contributed by atoms with E-state index < -0.39 is 35.4 Å². The number of thioether (sulfide) groups is 2. The summed E-state index contributed by atoms with van der Waals surface area (Å²) in [6.45, 7) is 13.0. The average molecular weight is 685 g/mol. The molecule has 0 aromatic heterocycles. The number of hydrogen-bond acceptors (Lipinski definition) is 12. The third kappa shape index (κ3) is 5.08. The van der Waals surface area contributed by atoms with E-state index in [1.165, 1.54) is 6.42 Å². The quantitative estimate of drug-likeness (QED) is 0.161. The first-order chi connectivity index (χ1) is 22.0. The molecule has 10 rings (SSSR count). The molecule has 4 bridgehead atoms. The van der Waals surface area contributed by atoms with Crippen LogP contribution in [0.3, 0.4) is 0 Å². The zero-order chi connectivity index (χ0) is 32.1. The van der Waals surface area contributed by atoms with Gasteiger partial charge >= 0.3 is 5.97 Å². The van der Waals surface area contributed by atoms with E-state index in [0.717, 1.165) is 44.9 Å². The van der Waals surface area contributed by atoms with Gasteiger partial charge in [-0.05, 0) is 87.9 Å². The summed E-state index contributed by atoms with van der Waals surface area (Å²) in [6.07, 6.45) is 7.43. The molecule has 10 aliphatic rings. The van der Waals surface area contributed by atoms with Crippen LogP contribution in [-0.2, 0) is 48.0 Å². The van der Waals surface area contributed by atoms with E-state index in [1.807, 2.05) is 13.8 Å². The first-order valence-electron chi connectivity index (χ1n) is 17.8. The SMILES string of the molecule is C[C@H]1[C@H](SCCC(=O)OCS[C@@H]2O[C@@H]3O[C@]4(C)CC[C@H]5[C@H](C)CC[C@@H]([C@H]2C)[C@@]35OO4)O[C@@H]2O[C@]3(C)CC[C@H]4[C@H](C)CC[C@@H]1[C@@]24OO3. The maximum atomic E-state index is 12.9. The molecule has 0 radical (unpaired) electrons. The van der Waals surface area contributed by atoms with Gasteiger partial charge in [-0.25, -0.2) is 19.6 Å². The third-order valence-corrected chi connectivity index (χ3v) is 15.7. The van der Waals surface area contributed by atoms with Gasteiger partial charge in [0.1, 0.15) is 16.8 Å². The van der Waals surface area contributed by atoms with Crippen LogP contribution in [-0.4, -0.2) is 63.9 Å². The average Bonchev–Trinajstić information content (AvgIpc) is 3.39. The van der Waals surface area contributed by atoms with Gasteiger partial charge in [-0.3, -0.25) is 4.79 Å². The van der Waals surface area contributed by atoms with Crippen molar-refractivity contribution in [2.45, 2.75) is 146 Å². The summed E-state index contributed by atoms with van der Waals surface area (Å²) in [7, 11) is 0. The van der Waals surface area contributed by atoms with Crippen LogP contribution in [0.2, 0.25) is 0 Å². The fraction of sp³-hybridized carbons (Fsp3) is 0.971. The van der Waals surface area contributed by atoms with Crippen LogP contribution in [0.1, 0.15) is 99.3 Å². The number of carbonyl (C=O) groups is 1. The Bertz CT molecular complexity index is 1090. The Labute approximate surface area is 281 Å². The van der Waals surface area contributed by atoms with Crippen molar-refractivity contribution in [3.8, 4) is 0 Å². The highest BCUT2D eigenvalue weighted by Crippen LogP contribution is 2.63. The molecule has 12 heteroatoms. The molecule has 16 atom stereocenters. The molecule has 10 nitrogen and oxygen atoms in total. The number of rotatable bonds is 7. The maximum absolute atomic E-state index is 12.9. The van der Waals surface area contributed by atoms with E-state index >= 15 is 0 Å². The molecule has 0 N–H and O–H groups in total. The largest absolute Gasteiger partial charge is 0.454 e. The van der Waals surface area contributed by atoms with Crippen molar-refractivity contribution < 1.29 is 48.0 Å². The summed E-state index contributed by atoms with van der Waals surface area (Å²) >= 11 is 3.22. The summed E-state index contributed by atoms with van der Waals surface area (Å²) < 4.78 is 32.0. The Kier molecular flexibility index (Phi) is 8.60. The van der Waals surface area contributed by atoms with E-state index in [0.29, 0.717) is 35.8 Å². The molecule has 2 aliphatic carbocycles. The Morgan fingerprint density at radius 1 is 0.674 bits per heavy atom. The fourth-order valence-electron chi connectivity index (χ4n) is 10.6. The van der Waals surface area contributed by atoms with Crippen LogP contribution in [0.4, 0.5) is 0 Å². The summed E-state index contributed by atoms with van der Waals surface area (Å²) in [5.74, 6) is 1.79. The smallest absolute Gasteiger partial charge is 0.307 e. The molecule has 10 fully saturated rings. The van der Waals surface area contributed by atoms with Crippen LogP contribution >= 0.6 is 23.5 Å². The van der Waals surface area contributed by atoms with Gasteiger partial charge in [0, 0.05) is 30.4 Å². The van der Waals surface area contributed by atoms with Crippen LogP contribution in [0.5, 0.6) is 0 Å². The van der Waals surface area contributed by atoms with E-state index in [9.17, 15) is 4.79 Å². The second kappa shape index (κ2) is 12.0. The van der Waals surface area contributed by atoms with Gasteiger partial charge in [-0.1, -0.05) is 39.5 Å². The molecule has 8 aliphatic heterocycles. The predicted molar refractivity (Wildman–Crippen MR) is 169 cm³/mol. The Morgan fingerprint density at radius 2 is 1.17 bits per heavy atom. The molecule has 46 heavy (non-hydrogen) atoms. The highest BCUT2D eigenvalue weighted by Gasteiger charge is 2.71. The Morgan fingerprint density at radius 3 is 1.70 bits per heavy atom. The van der Waals surface area contributed by atoms with Crippen LogP contribution in [0.25, 0.3) is 0 Å². The molecular weight excluding hydrogens is 632 g/mol. The monoisotopic (exact) mass is 684 g/mol. The summed E-state index contributed by atoms with van der Waals surface area (Å²) in [5.41, 5.74) is -1.38. The molecule has 260 valence electrons. The predicted octanol–water partition coefficient (Wildman–Crippen LogP) is 6.76. The van der Waals surface area contributed by atoms with Crippen molar-refractivity contribution in [1.82, 2.24) is 0 Å². The van der Waals surface area contributed by atoms with Gasteiger partial charge in [0.15, 0.2) is 23.8 Å². The molecule has 0 amide bonds. The molecule has 0 aromatic rings. The molecule has 8 heterocycles. The highest BCUT2D eigenvalue weighted by molar-refractivity contribution is 7.99. The van der Waals surface area contributed by atoms with Crippen molar-refractivity contribution in [1.29, 1.82) is 0 Å². The number of hydrogen-bond donors (Lipinski definition) is 0. The van der Waals surface area contributed by atoms with Gasteiger partial charge in [0.05, 0.1) is 6.42 Å². The topological polar surface area (TPSA) is 100 Å². The zero-order valence-electron chi connectivity index (χ0n) is 28.1. The van der Waals surface area contributed by atoms with E-state index in [-0.39, 0.29) is 46.5 Å². The zero-order valence-corrected chi connectivity index (χ0v) is 29.7. The van der Waals surface area contributed by atoms with Crippen LogP contribution in [0.15, 0.2) is 0 Å². The lowest BCUT2D eigenvalue weighted by Gasteiger charge is -2.60. The van der Waals surface area contributed by atoms with Crippen LogP contribution in [0, 0.1) is 47.3 Å². The van der Waals surface area contributed by atoms with Crippen LogP contribution < -0.4 is 0 Å². The number of ether oxygens (including phenoxy) is 5.